The molecule has 0 radical (unpaired) electrons. The minimum absolute atomic E-state index is 0. The van der Waals surface area contributed by atoms with Crippen molar-refractivity contribution in [2.45, 2.75) is 0 Å². The first kappa shape index (κ1) is 15.3. The summed E-state index contributed by atoms with van der Waals surface area (Å²) in [6.45, 7) is 0. The Kier molecular flexibility index (Phi) is 4.85. The Morgan fingerprint density at radius 2 is 1.94 bits per heavy atom. The molecule has 1 aliphatic carbocycles. The fourth-order valence-electron chi connectivity index (χ4n) is 0.931. The van der Waals surface area contributed by atoms with E-state index in [2.05, 4.69) is 0 Å². The molecule has 0 aromatic rings. The van der Waals surface area contributed by atoms with Crippen LogP contribution in [0, 0.1) is 10.1 Å². The number of ketones is 1. The van der Waals surface area contributed by atoms with E-state index in [-0.39, 0.29) is 29.6 Å². The molecule has 0 saturated heterocycles. The van der Waals surface area contributed by atoms with Crippen LogP contribution >= 0.6 is 0 Å². The molecule has 3 N–H and O–H groups in total. The van der Waals surface area contributed by atoms with Crippen LogP contribution in [0.5, 0.6) is 0 Å². The second-order valence-electron chi connectivity index (χ2n) is 2.59. The van der Waals surface area contributed by atoms with Gasteiger partial charge in [0.05, 0.1) is 15.5 Å². The number of nitro groups is 1. The summed E-state index contributed by atoms with van der Waals surface area (Å²) in [5.41, 5.74) is 3.62. The maximum atomic E-state index is 11.0. The van der Waals surface area contributed by atoms with Crippen molar-refractivity contribution >= 4 is 20.7 Å². The summed E-state index contributed by atoms with van der Waals surface area (Å²) in [4.78, 5) is 19.4. The van der Waals surface area contributed by atoms with Gasteiger partial charge in [0, 0.05) is 22.2 Å². The standard InChI is InChI=1S/C6H6N2O6S.Na/c7-3-1-5(9)4(8(10)11)2-6(3)15(12,13)14;/h1-2H,7H2,(H2,12,13,14);/q;+1/p-1. The Morgan fingerprint density at radius 1 is 1.44 bits per heavy atom. The normalized spacial score (nSPS) is 19.1. The molecule has 82 valence electrons. The number of carbonyl (C=O) groups excluding carboxylic acids is 1. The van der Waals surface area contributed by atoms with Gasteiger partial charge in [-0.25, -0.2) is 0 Å². The van der Waals surface area contributed by atoms with Crippen molar-refractivity contribution in [3.8, 4) is 0 Å². The number of hydrogen-bond donors (Lipinski definition) is 2. The Morgan fingerprint density at radius 3 is 2.31 bits per heavy atom. The first-order valence-corrected chi connectivity index (χ1v) is 4.90. The second kappa shape index (κ2) is 5.08. The van der Waals surface area contributed by atoms with Crippen molar-refractivity contribution in [2.75, 3.05) is 0 Å². The van der Waals surface area contributed by atoms with Crippen molar-refractivity contribution in [3.63, 3.8) is 0 Å². The molecular weight excluding hydrogens is 251 g/mol. The number of nitrogens with two attached hydrogens (primary N) is 1. The van der Waals surface area contributed by atoms with Crippen molar-refractivity contribution in [3.05, 3.63) is 33.7 Å². The summed E-state index contributed by atoms with van der Waals surface area (Å²) < 4.78 is 30.0. The van der Waals surface area contributed by atoms with Crippen molar-refractivity contribution in [1.29, 1.82) is 0 Å². The van der Waals surface area contributed by atoms with Gasteiger partial charge in [-0.3, -0.25) is 19.1 Å². The number of rotatable bonds is 1. The summed E-state index contributed by atoms with van der Waals surface area (Å²) >= 11 is 0. The summed E-state index contributed by atoms with van der Waals surface area (Å²) in [6, 6.07) is 0. The van der Waals surface area contributed by atoms with Gasteiger partial charge in [0.1, 0.15) is 0 Å². The van der Waals surface area contributed by atoms with E-state index in [0.29, 0.717) is 12.2 Å². The van der Waals surface area contributed by atoms with Crippen molar-refractivity contribution in [2.24, 2.45) is 5.73 Å². The fourth-order valence-corrected chi connectivity index (χ4v) is 1.55. The molecule has 1 aliphatic rings. The van der Waals surface area contributed by atoms with Gasteiger partial charge < -0.3 is 14.8 Å². The van der Waals surface area contributed by atoms with E-state index in [1.165, 1.54) is 0 Å². The number of nitrogens with zero attached hydrogens (tertiary/aromatic N) is 1. The monoisotopic (exact) mass is 256 g/mol. The Bertz CT molecular complexity index is 519. The van der Waals surface area contributed by atoms with Crippen LogP contribution in [0.4, 0.5) is 0 Å². The van der Waals surface area contributed by atoms with Crippen LogP contribution in [0.2, 0.25) is 0 Å². The maximum absolute atomic E-state index is 11.0. The SMILES string of the molecule is NC1=CC(=O)C([N+](=O)[O-])=CC1=S(=O)([O-])O.[Na+]. The van der Waals surface area contributed by atoms with Gasteiger partial charge in [-0.1, -0.05) is 0 Å². The first-order chi connectivity index (χ1) is 6.73. The number of allylic oxidation sites excluding steroid dienone is 2. The largest absolute Gasteiger partial charge is 1.00 e. The van der Waals surface area contributed by atoms with Gasteiger partial charge in [0.25, 0.3) is 5.78 Å². The predicted molar refractivity (Wildman–Crippen MR) is 48.9 cm³/mol. The van der Waals surface area contributed by atoms with E-state index in [1.807, 2.05) is 0 Å². The second-order valence-corrected chi connectivity index (χ2v) is 3.98. The topological polar surface area (TPSA) is 147 Å². The molecule has 0 bridgehead atoms. The summed E-state index contributed by atoms with van der Waals surface area (Å²) in [5, 5.41) is 10.3. The third-order valence-corrected chi connectivity index (χ3v) is 2.48. The molecule has 0 aromatic carbocycles. The zero-order valence-corrected chi connectivity index (χ0v) is 10.9. The van der Waals surface area contributed by atoms with Crippen LogP contribution < -0.4 is 35.3 Å². The van der Waals surface area contributed by atoms with Crippen molar-refractivity contribution in [1.82, 2.24) is 0 Å². The molecule has 16 heavy (non-hydrogen) atoms. The molecule has 1 rings (SSSR count). The Hall–Kier alpha value is -0.710. The van der Waals surface area contributed by atoms with Crippen LogP contribution in [-0.4, -0.2) is 28.9 Å². The summed E-state index contributed by atoms with van der Waals surface area (Å²) in [5.74, 6) is -1.02. The van der Waals surface area contributed by atoms with E-state index in [1.54, 1.807) is 0 Å². The van der Waals surface area contributed by atoms with Crippen LogP contribution in [0.3, 0.4) is 0 Å². The average molecular weight is 256 g/mol. The molecule has 0 aromatic heterocycles. The van der Waals surface area contributed by atoms with Crippen LogP contribution in [0.1, 0.15) is 0 Å². The maximum Gasteiger partial charge on any atom is 1.00 e. The molecule has 0 heterocycles. The molecule has 0 aliphatic heterocycles. The van der Waals surface area contributed by atoms with Crippen LogP contribution in [0.25, 0.3) is 0 Å². The van der Waals surface area contributed by atoms with E-state index < -0.39 is 37.0 Å². The predicted octanol–water partition coefficient (Wildman–Crippen LogP) is -4.36. The number of hydrogen-bond acceptors (Lipinski definition) is 6. The van der Waals surface area contributed by atoms with Gasteiger partial charge in [-0.15, -0.1) is 0 Å². The van der Waals surface area contributed by atoms with Crippen LogP contribution in [-0.2, 0) is 14.9 Å². The van der Waals surface area contributed by atoms with E-state index in [0.717, 1.165) is 0 Å². The summed E-state index contributed by atoms with van der Waals surface area (Å²) in [6.07, 6.45) is 0.994. The van der Waals surface area contributed by atoms with Gasteiger partial charge in [0.2, 0.25) is 0 Å². The molecule has 0 saturated carbocycles. The molecule has 10 heteroatoms. The van der Waals surface area contributed by atoms with E-state index in [9.17, 15) is 23.7 Å². The molecule has 0 fully saturated rings. The minimum atomic E-state index is -4.67. The zero-order valence-electron chi connectivity index (χ0n) is 8.08. The van der Waals surface area contributed by atoms with E-state index in [4.69, 9.17) is 10.3 Å². The molecule has 0 amide bonds. The smallest absolute Gasteiger partial charge is 0.757 e. The minimum Gasteiger partial charge on any atom is -0.757 e. The molecule has 1 unspecified atom stereocenters. The third kappa shape index (κ3) is 3.14. The average Bonchev–Trinajstić information content (AvgIpc) is 2.00. The number of carbonyl (C=O) groups is 1. The first-order valence-electron chi connectivity index (χ1n) is 3.46. The third-order valence-electron chi connectivity index (χ3n) is 1.57. The van der Waals surface area contributed by atoms with Gasteiger partial charge in [0.15, 0.2) is 0 Å². The van der Waals surface area contributed by atoms with Crippen molar-refractivity contribution < 1.29 is 52.6 Å². The van der Waals surface area contributed by atoms with Crippen LogP contribution in [0.15, 0.2) is 23.5 Å². The quantitative estimate of drug-likeness (QED) is 0.208. The summed E-state index contributed by atoms with van der Waals surface area (Å²) in [7, 11) is -4.67. The Balaban J connectivity index is 0.00000225. The van der Waals surface area contributed by atoms with Gasteiger partial charge in [-0.05, 0) is 0 Å². The Labute approximate surface area is 112 Å². The van der Waals surface area contributed by atoms with Gasteiger partial charge in [-0.2, -0.15) is 0 Å². The van der Waals surface area contributed by atoms with Gasteiger partial charge >= 0.3 is 35.3 Å². The molecular formula is C6H5N2NaO6S. The zero-order chi connectivity index (χ0) is 11.8. The molecule has 0 spiro atoms. The fraction of sp³-hybridized carbons (Fsp3) is 0. The van der Waals surface area contributed by atoms with E-state index >= 15 is 0 Å². The molecule has 1 atom stereocenters. The molecule has 8 nitrogen and oxygen atoms in total.